The SMILES string of the molecule is COc1ccc(S(=O)(=O)N2CCCCC2)cc1NC(=O)C1(c2ccc(Cl)cc2)CC1. The summed E-state index contributed by atoms with van der Waals surface area (Å²) in [7, 11) is -2.11. The molecule has 0 radical (unpaired) electrons. The first kappa shape index (κ1) is 21.2. The third kappa shape index (κ3) is 3.94. The van der Waals surface area contributed by atoms with Gasteiger partial charge in [-0.05, 0) is 61.6 Å². The monoisotopic (exact) mass is 448 g/mol. The summed E-state index contributed by atoms with van der Waals surface area (Å²) in [5, 5.41) is 3.53. The standard InChI is InChI=1S/C22H25ClN2O4S/c1-29-20-10-9-18(30(27,28)25-13-3-2-4-14-25)15-19(20)24-21(26)22(11-12-22)16-5-7-17(23)8-6-16/h5-10,15H,2-4,11-14H2,1H3,(H,24,26). The molecule has 1 N–H and O–H groups in total. The Balaban J connectivity index is 1.61. The van der Waals surface area contributed by atoms with Gasteiger partial charge in [-0.2, -0.15) is 4.31 Å². The van der Waals surface area contributed by atoms with E-state index in [2.05, 4.69) is 5.32 Å². The van der Waals surface area contributed by atoms with Crippen molar-refractivity contribution >= 4 is 33.2 Å². The zero-order valence-electron chi connectivity index (χ0n) is 16.9. The highest BCUT2D eigenvalue weighted by Crippen LogP contribution is 2.49. The first-order valence-electron chi connectivity index (χ1n) is 10.1. The first-order valence-corrected chi connectivity index (χ1v) is 11.9. The Hall–Kier alpha value is -2.09. The van der Waals surface area contributed by atoms with E-state index < -0.39 is 15.4 Å². The smallest absolute Gasteiger partial charge is 0.243 e. The molecule has 1 amide bonds. The third-order valence-corrected chi connectivity index (χ3v) is 8.10. The van der Waals surface area contributed by atoms with Crippen LogP contribution in [0.1, 0.15) is 37.7 Å². The molecule has 0 atom stereocenters. The predicted molar refractivity (Wildman–Crippen MR) is 117 cm³/mol. The molecule has 0 bridgehead atoms. The van der Waals surface area contributed by atoms with Crippen LogP contribution in [0.3, 0.4) is 0 Å². The summed E-state index contributed by atoms with van der Waals surface area (Å²) in [4.78, 5) is 13.3. The van der Waals surface area contributed by atoms with Crippen LogP contribution in [0, 0.1) is 0 Å². The van der Waals surface area contributed by atoms with Crippen molar-refractivity contribution in [2.24, 2.45) is 0 Å². The zero-order valence-corrected chi connectivity index (χ0v) is 18.4. The summed E-state index contributed by atoms with van der Waals surface area (Å²) in [6.45, 7) is 1.05. The van der Waals surface area contributed by atoms with E-state index in [1.807, 2.05) is 12.1 Å². The van der Waals surface area contributed by atoms with Crippen molar-refractivity contribution < 1.29 is 17.9 Å². The maximum atomic E-state index is 13.2. The van der Waals surface area contributed by atoms with Gasteiger partial charge in [0.2, 0.25) is 15.9 Å². The molecule has 160 valence electrons. The van der Waals surface area contributed by atoms with Gasteiger partial charge in [-0.15, -0.1) is 0 Å². The van der Waals surface area contributed by atoms with Crippen LogP contribution < -0.4 is 10.1 Å². The summed E-state index contributed by atoms with van der Waals surface area (Å²) in [5.74, 6) is 0.253. The molecule has 0 spiro atoms. The summed E-state index contributed by atoms with van der Waals surface area (Å²) in [5.41, 5.74) is 0.651. The maximum Gasteiger partial charge on any atom is 0.243 e. The normalized spacial score (nSPS) is 18.6. The minimum absolute atomic E-state index is 0.164. The summed E-state index contributed by atoms with van der Waals surface area (Å²) < 4.78 is 33.0. The molecule has 1 heterocycles. The summed E-state index contributed by atoms with van der Waals surface area (Å²) in [6, 6.07) is 11.9. The van der Waals surface area contributed by atoms with E-state index in [9.17, 15) is 13.2 Å². The number of anilines is 1. The number of carbonyl (C=O) groups is 1. The molecule has 2 aromatic carbocycles. The Morgan fingerprint density at radius 1 is 1.07 bits per heavy atom. The average Bonchev–Trinajstić information content (AvgIpc) is 3.57. The van der Waals surface area contributed by atoms with Crippen LogP contribution in [0.15, 0.2) is 47.4 Å². The highest BCUT2D eigenvalue weighted by Gasteiger charge is 2.51. The second kappa shape index (κ2) is 8.21. The zero-order chi connectivity index (χ0) is 21.4. The fourth-order valence-electron chi connectivity index (χ4n) is 3.98. The van der Waals surface area contributed by atoms with Gasteiger partial charge in [-0.3, -0.25) is 4.79 Å². The second-order valence-corrected chi connectivity index (χ2v) is 10.2. The van der Waals surface area contributed by atoms with Gasteiger partial charge in [-0.1, -0.05) is 30.2 Å². The molecule has 0 aromatic heterocycles. The third-order valence-electron chi connectivity index (χ3n) is 5.95. The van der Waals surface area contributed by atoms with Gasteiger partial charge in [0.05, 0.1) is 23.1 Å². The fourth-order valence-corrected chi connectivity index (χ4v) is 5.65. The van der Waals surface area contributed by atoms with Gasteiger partial charge in [0.1, 0.15) is 5.75 Å². The number of carbonyl (C=O) groups excluding carboxylic acids is 1. The predicted octanol–water partition coefficient (Wildman–Crippen LogP) is 4.19. The summed E-state index contributed by atoms with van der Waals surface area (Å²) >= 11 is 5.98. The highest BCUT2D eigenvalue weighted by molar-refractivity contribution is 7.89. The number of ether oxygens (including phenoxy) is 1. The van der Waals surface area contributed by atoms with Gasteiger partial charge < -0.3 is 10.1 Å². The van der Waals surface area contributed by atoms with Crippen LogP contribution in [-0.4, -0.2) is 38.8 Å². The van der Waals surface area contributed by atoms with E-state index in [-0.39, 0.29) is 10.8 Å². The van der Waals surface area contributed by atoms with E-state index in [1.165, 1.54) is 23.5 Å². The molecule has 4 rings (SSSR count). The van der Waals surface area contributed by atoms with E-state index >= 15 is 0 Å². The molecule has 0 unspecified atom stereocenters. The number of hydrogen-bond acceptors (Lipinski definition) is 4. The summed E-state index contributed by atoms with van der Waals surface area (Å²) in [6.07, 6.45) is 4.23. The van der Waals surface area contributed by atoms with E-state index in [0.29, 0.717) is 29.5 Å². The Morgan fingerprint density at radius 3 is 2.33 bits per heavy atom. The number of benzene rings is 2. The van der Waals surface area contributed by atoms with Crippen LogP contribution >= 0.6 is 11.6 Å². The molecular weight excluding hydrogens is 424 g/mol. The van der Waals surface area contributed by atoms with Crippen LogP contribution in [-0.2, 0) is 20.2 Å². The minimum Gasteiger partial charge on any atom is -0.495 e. The number of nitrogens with zero attached hydrogens (tertiary/aromatic N) is 1. The lowest BCUT2D eigenvalue weighted by Gasteiger charge is -2.26. The molecular formula is C22H25ClN2O4S. The van der Waals surface area contributed by atoms with Crippen LogP contribution in [0.2, 0.25) is 5.02 Å². The van der Waals surface area contributed by atoms with Gasteiger partial charge in [0.15, 0.2) is 0 Å². The van der Waals surface area contributed by atoms with Crippen molar-refractivity contribution in [3.8, 4) is 5.75 Å². The average molecular weight is 449 g/mol. The lowest BCUT2D eigenvalue weighted by molar-refractivity contribution is -0.118. The van der Waals surface area contributed by atoms with Crippen molar-refractivity contribution in [1.29, 1.82) is 0 Å². The van der Waals surface area contributed by atoms with Crippen molar-refractivity contribution in [2.45, 2.75) is 42.4 Å². The number of rotatable bonds is 6. The number of sulfonamides is 1. The first-order chi connectivity index (χ1) is 14.4. The molecule has 1 aliphatic carbocycles. The number of nitrogens with one attached hydrogen (secondary N) is 1. The molecule has 2 fully saturated rings. The Bertz CT molecular complexity index is 1040. The fraction of sp³-hybridized carbons (Fsp3) is 0.409. The van der Waals surface area contributed by atoms with Crippen molar-refractivity contribution in [1.82, 2.24) is 4.31 Å². The largest absolute Gasteiger partial charge is 0.495 e. The van der Waals surface area contributed by atoms with Crippen molar-refractivity contribution in [3.63, 3.8) is 0 Å². The maximum absolute atomic E-state index is 13.2. The number of hydrogen-bond donors (Lipinski definition) is 1. The van der Waals surface area contributed by atoms with Crippen molar-refractivity contribution in [2.75, 3.05) is 25.5 Å². The molecule has 2 aliphatic rings. The molecule has 1 saturated carbocycles. The van der Waals surface area contributed by atoms with Crippen LogP contribution in [0.4, 0.5) is 5.69 Å². The Kier molecular flexibility index (Phi) is 5.79. The number of amides is 1. The van der Waals surface area contributed by atoms with E-state index in [0.717, 1.165) is 37.7 Å². The molecule has 2 aromatic rings. The molecule has 30 heavy (non-hydrogen) atoms. The highest BCUT2D eigenvalue weighted by atomic mass is 35.5. The quantitative estimate of drug-likeness (QED) is 0.718. The second-order valence-electron chi connectivity index (χ2n) is 7.87. The Labute approximate surface area is 182 Å². The van der Waals surface area contributed by atoms with Gasteiger partial charge in [0.25, 0.3) is 0 Å². The number of halogens is 1. The molecule has 1 saturated heterocycles. The van der Waals surface area contributed by atoms with Crippen LogP contribution in [0.5, 0.6) is 5.75 Å². The van der Waals surface area contributed by atoms with E-state index in [1.54, 1.807) is 18.2 Å². The van der Waals surface area contributed by atoms with Gasteiger partial charge in [-0.25, -0.2) is 8.42 Å². The minimum atomic E-state index is -3.61. The molecule has 6 nitrogen and oxygen atoms in total. The lowest BCUT2D eigenvalue weighted by atomic mass is 9.95. The van der Waals surface area contributed by atoms with Gasteiger partial charge in [0, 0.05) is 18.1 Å². The number of methoxy groups -OCH3 is 1. The molecule has 8 heteroatoms. The van der Waals surface area contributed by atoms with E-state index in [4.69, 9.17) is 16.3 Å². The van der Waals surface area contributed by atoms with Gasteiger partial charge >= 0.3 is 0 Å². The topological polar surface area (TPSA) is 75.7 Å². The number of piperidine rings is 1. The Morgan fingerprint density at radius 2 is 1.73 bits per heavy atom. The molecule has 1 aliphatic heterocycles. The van der Waals surface area contributed by atoms with Crippen LogP contribution in [0.25, 0.3) is 0 Å². The lowest BCUT2D eigenvalue weighted by Crippen LogP contribution is -2.35. The van der Waals surface area contributed by atoms with Crippen molar-refractivity contribution in [3.05, 3.63) is 53.1 Å².